The molecule has 0 radical (unpaired) electrons. The summed E-state index contributed by atoms with van der Waals surface area (Å²) in [5, 5.41) is 0. The van der Waals surface area contributed by atoms with E-state index in [1.807, 2.05) is 23.1 Å². The lowest BCUT2D eigenvalue weighted by molar-refractivity contribution is -0.130. The molecule has 0 aliphatic carbocycles. The SMILES string of the molecule is CC(C)C1CN(C(C)c2ccccc2)C(=O)C1N. The van der Waals surface area contributed by atoms with Crippen molar-refractivity contribution in [1.29, 1.82) is 0 Å². The average Bonchev–Trinajstić information content (AvgIpc) is 2.67. The van der Waals surface area contributed by atoms with Crippen LogP contribution in [0, 0.1) is 11.8 Å². The van der Waals surface area contributed by atoms with E-state index in [2.05, 4.69) is 32.9 Å². The summed E-state index contributed by atoms with van der Waals surface area (Å²) in [6.45, 7) is 7.11. The Kier molecular flexibility index (Phi) is 3.71. The maximum absolute atomic E-state index is 12.2. The standard InChI is InChI=1S/C15H22N2O/c1-10(2)13-9-17(15(18)14(13)16)11(3)12-7-5-4-6-8-12/h4-8,10-11,13-14H,9,16H2,1-3H3. The Morgan fingerprint density at radius 2 is 1.83 bits per heavy atom. The Balaban J connectivity index is 2.18. The zero-order chi connectivity index (χ0) is 13.3. The molecule has 1 aliphatic rings. The number of nitrogens with two attached hydrogens (primary N) is 1. The molecule has 3 atom stereocenters. The van der Waals surface area contributed by atoms with Crippen LogP contribution in [0.25, 0.3) is 0 Å². The van der Waals surface area contributed by atoms with E-state index < -0.39 is 0 Å². The number of carbonyl (C=O) groups is 1. The van der Waals surface area contributed by atoms with Crippen LogP contribution in [0.2, 0.25) is 0 Å². The van der Waals surface area contributed by atoms with E-state index in [-0.39, 0.29) is 23.9 Å². The highest BCUT2D eigenvalue weighted by Crippen LogP contribution is 2.31. The Hall–Kier alpha value is -1.35. The summed E-state index contributed by atoms with van der Waals surface area (Å²) < 4.78 is 0. The lowest BCUT2D eigenvalue weighted by atomic mass is 9.92. The number of nitrogens with zero attached hydrogens (tertiary/aromatic N) is 1. The molecule has 1 fully saturated rings. The summed E-state index contributed by atoms with van der Waals surface area (Å²) in [4.78, 5) is 14.2. The number of hydrogen-bond donors (Lipinski definition) is 1. The monoisotopic (exact) mass is 246 g/mol. The Morgan fingerprint density at radius 1 is 1.22 bits per heavy atom. The molecule has 0 aromatic heterocycles. The first-order valence-electron chi connectivity index (χ1n) is 6.63. The van der Waals surface area contributed by atoms with Crippen LogP contribution >= 0.6 is 0 Å². The van der Waals surface area contributed by atoms with Gasteiger partial charge in [0.15, 0.2) is 0 Å². The van der Waals surface area contributed by atoms with Crippen LogP contribution < -0.4 is 5.73 Å². The minimum Gasteiger partial charge on any atom is -0.334 e. The van der Waals surface area contributed by atoms with Crippen LogP contribution in [0.1, 0.15) is 32.4 Å². The third-order valence-corrected chi connectivity index (χ3v) is 4.04. The lowest BCUT2D eigenvalue weighted by Crippen LogP contribution is -2.37. The van der Waals surface area contributed by atoms with Gasteiger partial charge in [-0.1, -0.05) is 44.2 Å². The molecular formula is C15H22N2O. The Bertz CT molecular complexity index is 416. The fourth-order valence-electron chi connectivity index (χ4n) is 2.69. The molecule has 0 bridgehead atoms. The lowest BCUT2D eigenvalue weighted by Gasteiger charge is -2.25. The van der Waals surface area contributed by atoms with Crippen LogP contribution in [0.5, 0.6) is 0 Å². The van der Waals surface area contributed by atoms with Gasteiger partial charge < -0.3 is 10.6 Å². The number of rotatable bonds is 3. The second-order valence-corrected chi connectivity index (χ2v) is 5.51. The predicted octanol–water partition coefficient (Wildman–Crippen LogP) is 2.19. The van der Waals surface area contributed by atoms with E-state index in [0.717, 1.165) is 6.54 Å². The summed E-state index contributed by atoms with van der Waals surface area (Å²) >= 11 is 0. The van der Waals surface area contributed by atoms with Gasteiger partial charge in [0, 0.05) is 12.5 Å². The molecule has 1 aromatic carbocycles. The van der Waals surface area contributed by atoms with Crippen molar-refractivity contribution in [3.63, 3.8) is 0 Å². The molecule has 2 rings (SSSR count). The van der Waals surface area contributed by atoms with Gasteiger partial charge >= 0.3 is 0 Å². The highest BCUT2D eigenvalue weighted by molar-refractivity contribution is 5.84. The maximum Gasteiger partial charge on any atom is 0.240 e. The van der Waals surface area contributed by atoms with E-state index in [9.17, 15) is 4.79 Å². The highest BCUT2D eigenvalue weighted by Gasteiger charge is 2.41. The molecular weight excluding hydrogens is 224 g/mol. The van der Waals surface area contributed by atoms with E-state index >= 15 is 0 Å². The third kappa shape index (κ3) is 2.27. The Labute approximate surface area is 109 Å². The van der Waals surface area contributed by atoms with Crippen molar-refractivity contribution >= 4 is 5.91 Å². The molecule has 18 heavy (non-hydrogen) atoms. The van der Waals surface area contributed by atoms with Crippen molar-refractivity contribution in [1.82, 2.24) is 4.90 Å². The van der Waals surface area contributed by atoms with Crippen molar-refractivity contribution < 1.29 is 4.79 Å². The minimum absolute atomic E-state index is 0.0880. The van der Waals surface area contributed by atoms with Crippen molar-refractivity contribution in [2.24, 2.45) is 17.6 Å². The number of likely N-dealkylation sites (tertiary alicyclic amines) is 1. The van der Waals surface area contributed by atoms with Crippen LogP contribution in [0.15, 0.2) is 30.3 Å². The van der Waals surface area contributed by atoms with Crippen molar-refractivity contribution in [2.45, 2.75) is 32.9 Å². The van der Waals surface area contributed by atoms with Crippen LogP contribution in [0.4, 0.5) is 0 Å². The zero-order valence-corrected chi connectivity index (χ0v) is 11.3. The van der Waals surface area contributed by atoms with Gasteiger partial charge in [-0.3, -0.25) is 4.79 Å². The van der Waals surface area contributed by atoms with Gasteiger partial charge in [0.1, 0.15) is 0 Å². The van der Waals surface area contributed by atoms with E-state index in [4.69, 9.17) is 5.73 Å². The molecule has 1 heterocycles. The van der Waals surface area contributed by atoms with Crippen molar-refractivity contribution in [3.8, 4) is 0 Å². The van der Waals surface area contributed by atoms with Gasteiger partial charge in [-0.15, -0.1) is 0 Å². The van der Waals surface area contributed by atoms with Crippen LogP contribution in [-0.4, -0.2) is 23.4 Å². The second kappa shape index (κ2) is 5.11. The Morgan fingerprint density at radius 3 is 2.33 bits per heavy atom. The fourth-order valence-corrected chi connectivity index (χ4v) is 2.69. The summed E-state index contributed by atoms with van der Waals surface area (Å²) in [6, 6.07) is 9.89. The summed E-state index contributed by atoms with van der Waals surface area (Å²) in [5.74, 6) is 0.797. The quantitative estimate of drug-likeness (QED) is 0.888. The number of amides is 1. The first-order chi connectivity index (χ1) is 8.52. The number of benzene rings is 1. The topological polar surface area (TPSA) is 46.3 Å². The van der Waals surface area contributed by atoms with Gasteiger partial charge in [-0.05, 0) is 18.4 Å². The molecule has 1 aromatic rings. The number of hydrogen-bond acceptors (Lipinski definition) is 2. The molecule has 3 nitrogen and oxygen atoms in total. The average molecular weight is 246 g/mol. The smallest absolute Gasteiger partial charge is 0.240 e. The fraction of sp³-hybridized carbons (Fsp3) is 0.533. The number of carbonyl (C=O) groups excluding carboxylic acids is 1. The first-order valence-corrected chi connectivity index (χ1v) is 6.63. The second-order valence-electron chi connectivity index (χ2n) is 5.51. The predicted molar refractivity (Wildman–Crippen MR) is 72.9 cm³/mol. The summed E-state index contributed by atoms with van der Waals surface area (Å²) in [6.07, 6.45) is 0. The minimum atomic E-state index is -0.337. The van der Waals surface area contributed by atoms with E-state index in [1.165, 1.54) is 5.56 Å². The summed E-state index contributed by atoms with van der Waals surface area (Å²) in [5.41, 5.74) is 7.21. The molecule has 0 saturated carbocycles. The van der Waals surface area contributed by atoms with Crippen molar-refractivity contribution in [3.05, 3.63) is 35.9 Å². The van der Waals surface area contributed by atoms with Gasteiger partial charge in [-0.2, -0.15) is 0 Å². The molecule has 3 unspecified atom stereocenters. The molecule has 98 valence electrons. The molecule has 1 aliphatic heterocycles. The van der Waals surface area contributed by atoms with Crippen LogP contribution in [0.3, 0.4) is 0 Å². The van der Waals surface area contributed by atoms with E-state index in [1.54, 1.807) is 0 Å². The van der Waals surface area contributed by atoms with Gasteiger partial charge in [0.2, 0.25) is 5.91 Å². The zero-order valence-electron chi connectivity index (χ0n) is 11.3. The molecule has 1 amide bonds. The molecule has 0 spiro atoms. The normalized spacial score (nSPS) is 25.8. The maximum atomic E-state index is 12.2. The molecule has 3 heteroatoms. The van der Waals surface area contributed by atoms with E-state index in [0.29, 0.717) is 5.92 Å². The van der Waals surface area contributed by atoms with Gasteiger partial charge in [0.05, 0.1) is 12.1 Å². The first kappa shape index (κ1) is 13.1. The van der Waals surface area contributed by atoms with Gasteiger partial charge in [0.25, 0.3) is 0 Å². The largest absolute Gasteiger partial charge is 0.334 e. The van der Waals surface area contributed by atoms with Gasteiger partial charge in [-0.25, -0.2) is 0 Å². The third-order valence-electron chi connectivity index (χ3n) is 4.04. The van der Waals surface area contributed by atoms with Crippen molar-refractivity contribution in [2.75, 3.05) is 6.54 Å². The van der Waals surface area contributed by atoms with Crippen LogP contribution in [-0.2, 0) is 4.79 Å². The molecule has 1 saturated heterocycles. The highest BCUT2D eigenvalue weighted by atomic mass is 16.2. The summed E-state index contributed by atoms with van der Waals surface area (Å²) in [7, 11) is 0. The molecule has 2 N–H and O–H groups in total.